The lowest BCUT2D eigenvalue weighted by molar-refractivity contribution is -0.146. The van der Waals surface area contributed by atoms with Crippen LogP contribution >= 0.6 is 0 Å². The molecule has 1 unspecified atom stereocenters. The van der Waals surface area contributed by atoms with Crippen LogP contribution in [0, 0.1) is 5.82 Å². The molecule has 2 aliphatic rings. The number of amides is 1. The van der Waals surface area contributed by atoms with Crippen molar-refractivity contribution < 1.29 is 23.4 Å². The van der Waals surface area contributed by atoms with Gasteiger partial charge in [0.25, 0.3) is 5.91 Å². The topological polar surface area (TPSA) is 51.2 Å². The molecule has 0 radical (unpaired) electrons. The van der Waals surface area contributed by atoms with Crippen molar-refractivity contribution in [2.45, 2.75) is 12.1 Å². The lowest BCUT2D eigenvalue weighted by atomic mass is 10.0. The van der Waals surface area contributed by atoms with Crippen LogP contribution in [0.5, 0.6) is 5.75 Å². The van der Waals surface area contributed by atoms with Crippen molar-refractivity contribution in [1.82, 2.24) is 4.90 Å². The number of anilines is 1. The van der Waals surface area contributed by atoms with Gasteiger partial charge in [-0.05, 0) is 42.0 Å². The van der Waals surface area contributed by atoms with Crippen molar-refractivity contribution in [3.05, 3.63) is 59.9 Å². The minimum atomic E-state index is -0.620. The lowest BCUT2D eigenvalue weighted by Gasteiger charge is -2.43. The second-order valence-electron chi connectivity index (χ2n) is 7.54. The van der Waals surface area contributed by atoms with Crippen LogP contribution in [-0.4, -0.2) is 63.0 Å². The summed E-state index contributed by atoms with van der Waals surface area (Å²) < 4.78 is 30.4. The van der Waals surface area contributed by atoms with E-state index >= 15 is 0 Å². The highest BCUT2D eigenvalue weighted by Crippen LogP contribution is 2.28. The SMILES string of the molecule is COc1ccc(CN2CCOCC3(C2)CN(c2ccc(F)cc2)C(=O)CO3)cc1. The molecule has 29 heavy (non-hydrogen) atoms. The molecule has 2 aromatic rings. The Hall–Kier alpha value is -2.48. The Morgan fingerprint density at radius 3 is 2.59 bits per heavy atom. The van der Waals surface area contributed by atoms with Crippen molar-refractivity contribution in [3.8, 4) is 5.75 Å². The molecule has 2 aliphatic heterocycles. The molecule has 2 heterocycles. The monoisotopic (exact) mass is 400 g/mol. The van der Waals surface area contributed by atoms with Gasteiger partial charge in [0.2, 0.25) is 0 Å². The number of ether oxygens (including phenoxy) is 3. The van der Waals surface area contributed by atoms with Crippen LogP contribution in [0.25, 0.3) is 0 Å². The second-order valence-corrected chi connectivity index (χ2v) is 7.54. The highest BCUT2D eigenvalue weighted by atomic mass is 19.1. The lowest BCUT2D eigenvalue weighted by Crippen LogP contribution is -2.60. The van der Waals surface area contributed by atoms with Crippen LogP contribution in [0.15, 0.2) is 48.5 Å². The number of carbonyl (C=O) groups is 1. The Bertz CT molecular complexity index is 843. The predicted octanol–water partition coefficient (Wildman–Crippen LogP) is 2.47. The maximum atomic E-state index is 13.3. The molecular formula is C22H25FN2O4. The first-order valence-corrected chi connectivity index (χ1v) is 9.70. The predicted molar refractivity (Wildman–Crippen MR) is 107 cm³/mol. The van der Waals surface area contributed by atoms with Crippen LogP contribution in [0.1, 0.15) is 5.56 Å². The van der Waals surface area contributed by atoms with E-state index in [1.807, 2.05) is 24.3 Å². The summed E-state index contributed by atoms with van der Waals surface area (Å²) in [4.78, 5) is 16.4. The van der Waals surface area contributed by atoms with Gasteiger partial charge in [0, 0.05) is 25.3 Å². The van der Waals surface area contributed by atoms with Crippen molar-refractivity contribution in [3.63, 3.8) is 0 Å². The summed E-state index contributed by atoms with van der Waals surface area (Å²) in [6.07, 6.45) is 0. The molecule has 4 rings (SSSR count). The van der Waals surface area contributed by atoms with Crippen LogP contribution in [0.2, 0.25) is 0 Å². The van der Waals surface area contributed by atoms with E-state index in [0.717, 1.165) is 18.8 Å². The maximum absolute atomic E-state index is 13.3. The van der Waals surface area contributed by atoms with E-state index in [1.165, 1.54) is 17.7 Å². The number of benzene rings is 2. The molecule has 2 aromatic carbocycles. The zero-order valence-corrected chi connectivity index (χ0v) is 16.5. The first-order chi connectivity index (χ1) is 14.1. The van der Waals surface area contributed by atoms with E-state index in [4.69, 9.17) is 14.2 Å². The van der Waals surface area contributed by atoms with Gasteiger partial charge in [-0.1, -0.05) is 12.1 Å². The van der Waals surface area contributed by atoms with Gasteiger partial charge in [0.15, 0.2) is 0 Å². The summed E-state index contributed by atoms with van der Waals surface area (Å²) in [6.45, 7) is 3.55. The Kier molecular flexibility index (Phi) is 5.80. The standard InChI is InChI=1S/C22H25FN2O4/c1-27-20-8-2-17(3-9-20)12-24-10-11-28-16-22(14-24)15-25(21(26)13-29-22)19-6-4-18(23)5-7-19/h2-9H,10-16H2,1H3. The number of rotatable bonds is 4. The first-order valence-electron chi connectivity index (χ1n) is 9.70. The normalized spacial score (nSPS) is 23.2. The molecule has 0 bridgehead atoms. The Labute approximate surface area is 169 Å². The molecule has 0 saturated carbocycles. The quantitative estimate of drug-likeness (QED) is 0.789. The third-order valence-electron chi connectivity index (χ3n) is 5.38. The molecule has 1 atom stereocenters. The third-order valence-corrected chi connectivity index (χ3v) is 5.38. The number of hydrogen-bond donors (Lipinski definition) is 0. The van der Waals surface area contributed by atoms with Crippen molar-refractivity contribution in [2.24, 2.45) is 0 Å². The van der Waals surface area contributed by atoms with E-state index in [9.17, 15) is 9.18 Å². The number of morpholine rings is 1. The van der Waals surface area contributed by atoms with Gasteiger partial charge in [-0.15, -0.1) is 0 Å². The van der Waals surface area contributed by atoms with Crippen LogP contribution in [0.3, 0.4) is 0 Å². The van der Waals surface area contributed by atoms with Gasteiger partial charge in [-0.3, -0.25) is 9.69 Å². The van der Waals surface area contributed by atoms with Gasteiger partial charge < -0.3 is 19.1 Å². The van der Waals surface area contributed by atoms with E-state index in [0.29, 0.717) is 32.0 Å². The number of methoxy groups -OCH3 is 1. The minimum absolute atomic E-state index is 0.0168. The van der Waals surface area contributed by atoms with Gasteiger partial charge >= 0.3 is 0 Å². The smallest absolute Gasteiger partial charge is 0.253 e. The zero-order valence-electron chi connectivity index (χ0n) is 16.5. The third kappa shape index (κ3) is 4.58. The summed E-state index contributed by atoms with van der Waals surface area (Å²) in [6, 6.07) is 14.0. The summed E-state index contributed by atoms with van der Waals surface area (Å²) in [5.74, 6) is 0.370. The summed E-state index contributed by atoms with van der Waals surface area (Å²) in [5, 5.41) is 0. The fourth-order valence-corrected chi connectivity index (χ4v) is 3.86. The van der Waals surface area contributed by atoms with E-state index in [-0.39, 0.29) is 18.3 Å². The Morgan fingerprint density at radius 1 is 1.10 bits per heavy atom. The zero-order chi connectivity index (χ0) is 20.3. The molecule has 6 nitrogen and oxygen atoms in total. The minimum Gasteiger partial charge on any atom is -0.497 e. The molecule has 7 heteroatoms. The van der Waals surface area contributed by atoms with Crippen molar-refractivity contribution in [2.75, 3.05) is 51.5 Å². The second kappa shape index (κ2) is 8.49. The molecule has 0 aromatic heterocycles. The molecule has 2 saturated heterocycles. The molecule has 2 fully saturated rings. The number of nitrogens with zero attached hydrogens (tertiary/aromatic N) is 2. The largest absolute Gasteiger partial charge is 0.497 e. The first kappa shape index (κ1) is 19.8. The van der Waals surface area contributed by atoms with Gasteiger partial charge in [0.1, 0.15) is 23.8 Å². The number of carbonyl (C=O) groups excluding carboxylic acids is 1. The number of halogens is 1. The van der Waals surface area contributed by atoms with Crippen LogP contribution in [-0.2, 0) is 20.8 Å². The van der Waals surface area contributed by atoms with Gasteiger partial charge in [0.05, 0.1) is 26.9 Å². The van der Waals surface area contributed by atoms with Crippen molar-refractivity contribution >= 4 is 11.6 Å². The van der Waals surface area contributed by atoms with E-state index < -0.39 is 5.60 Å². The van der Waals surface area contributed by atoms with E-state index in [2.05, 4.69) is 4.90 Å². The number of hydrogen-bond acceptors (Lipinski definition) is 5. The van der Waals surface area contributed by atoms with E-state index in [1.54, 1.807) is 24.1 Å². The Morgan fingerprint density at radius 2 is 1.86 bits per heavy atom. The molecule has 1 amide bonds. The summed E-state index contributed by atoms with van der Waals surface area (Å²) in [5.41, 5.74) is 1.22. The summed E-state index contributed by atoms with van der Waals surface area (Å²) >= 11 is 0. The molecule has 154 valence electrons. The molecule has 1 spiro atoms. The average molecular weight is 400 g/mol. The fourth-order valence-electron chi connectivity index (χ4n) is 3.86. The molecular weight excluding hydrogens is 375 g/mol. The van der Waals surface area contributed by atoms with Crippen LogP contribution < -0.4 is 9.64 Å². The molecule has 0 aliphatic carbocycles. The highest BCUT2D eigenvalue weighted by molar-refractivity contribution is 5.95. The maximum Gasteiger partial charge on any atom is 0.253 e. The molecule has 0 N–H and O–H groups in total. The Balaban J connectivity index is 1.50. The average Bonchev–Trinajstić information content (AvgIpc) is 2.93. The fraction of sp³-hybridized carbons (Fsp3) is 0.409. The van der Waals surface area contributed by atoms with Gasteiger partial charge in [-0.2, -0.15) is 0 Å². The van der Waals surface area contributed by atoms with Crippen molar-refractivity contribution in [1.29, 1.82) is 0 Å². The highest BCUT2D eigenvalue weighted by Gasteiger charge is 2.43. The van der Waals surface area contributed by atoms with Crippen LogP contribution in [0.4, 0.5) is 10.1 Å². The van der Waals surface area contributed by atoms with Gasteiger partial charge in [-0.25, -0.2) is 4.39 Å². The summed E-state index contributed by atoms with van der Waals surface area (Å²) in [7, 11) is 1.65.